The number of hydrogen-bond acceptors (Lipinski definition) is 3. The average Bonchev–Trinajstić information content (AvgIpc) is 2.65. The molecule has 1 aliphatic heterocycles. The van der Waals surface area contributed by atoms with Gasteiger partial charge in [0.25, 0.3) is 5.91 Å². The second-order valence-electron chi connectivity index (χ2n) is 5.18. The molecule has 0 bridgehead atoms. The summed E-state index contributed by atoms with van der Waals surface area (Å²) in [6.45, 7) is 3.24. The lowest BCUT2D eigenvalue weighted by atomic mass is 9.87. The molecule has 102 valence electrons. The highest BCUT2D eigenvalue weighted by Gasteiger charge is 2.54. The highest BCUT2D eigenvalue weighted by atomic mass is 16.4. The van der Waals surface area contributed by atoms with Gasteiger partial charge >= 0.3 is 5.97 Å². The number of hydrogen-bond donors (Lipinski definition) is 2. The van der Waals surface area contributed by atoms with E-state index >= 15 is 0 Å². The van der Waals surface area contributed by atoms with Crippen LogP contribution < -0.4 is 0 Å². The van der Waals surface area contributed by atoms with Crippen LogP contribution in [0.25, 0.3) is 0 Å². The normalized spacial score (nSPS) is 28.5. The van der Waals surface area contributed by atoms with Crippen LogP contribution in [0.1, 0.15) is 25.5 Å². The smallest absolute Gasteiger partial charge is 0.314 e. The van der Waals surface area contributed by atoms with Crippen LogP contribution >= 0.6 is 0 Å². The van der Waals surface area contributed by atoms with E-state index in [2.05, 4.69) is 0 Å². The summed E-state index contributed by atoms with van der Waals surface area (Å²) in [5, 5.41) is 19.1. The summed E-state index contributed by atoms with van der Waals surface area (Å²) in [5.74, 6) is -1.68. The van der Waals surface area contributed by atoms with Gasteiger partial charge in [0, 0.05) is 6.54 Å². The summed E-state index contributed by atoms with van der Waals surface area (Å²) in [7, 11) is 0. The average molecular weight is 263 g/mol. The standard InChI is InChI=1S/C14H17NO4/c1-9(10-6-4-3-5-7-10)15-8-14(2,13(18)19)11(16)12(15)17/h3-7,9,11,16H,8H2,1-2H3,(H,18,19)/t9-,11?,14-/m1/s1. The van der Waals surface area contributed by atoms with Gasteiger partial charge in [0.2, 0.25) is 0 Å². The fourth-order valence-electron chi connectivity index (χ4n) is 2.37. The van der Waals surface area contributed by atoms with Crippen molar-refractivity contribution in [2.45, 2.75) is 26.0 Å². The molecule has 2 N–H and O–H groups in total. The summed E-state index contributed by atoms with van der Waals surface area (Å²) in [5.41, 5.74) is -0.530. The molecular formula is C14H17NO4. The van der Waals surface area contributed by atoms with Crippen molar-refractivity contribution in [3.05, 3.63) is 35.9 Å². The molecule has 1 amide bonds. The predicted octanol–water partition coefficient (Wildman–Crippen LogP) is 1.04. The first kappa shape index (κ1) is 13.5. The van der Waals surface area contributed by atoms with Crippen molar-refractivity contribution in [3.8, 4) is 0 Å². The van der Waals surface area contributed by atoms with Gasteiger partial charge in [-0.2, -0.15) is 0 Å². The van der Waals surface area contributed by atoms with E-state index < -0.39 is 23.4 Å². The maximum Gasteiger partial charge on any atom is 0.314 e. The molecule has 0 aromatic heterocycles. The molecule has 3 atom stereocenters. The van der Waals surface area contributed by atoms with Crippen LogP contribution in [-0.2, 0) is 9.59 Å². The van der Waals surface area contributed by atoms with E-state index in [9.17, 15) is 19.8 Å². The van der Waals surface area contributed by atoms with E-state index in [1.54, 1.807) is 0 Å². The van der Waals surface area contributed by atoms with Crippen molar-refractivity contribution in [2.75, 3.05) is 6.54 Å². The number of nitrogens with zero attached hydrogens (tertiary/aromatic N) is 1. The molecule has 1 unspecified atom stereocenters. The zero-order valence-electron chi connectivity index (χ0n) is 10.9. The van der Waals surface area contributed by atoms with Crippen molar-refractivity contribution in [1.29, 1.82) is 0 Å². The Labute approximate surface area is 111 Å². The Hall–Kier alpha value is -1.88. The maximum atomic E-state index is 12.1. The van der Waals surface area contributed by atoms with Crippen LogP contribution in [0.4, 0.5) is 0 Å². The number of aliphatic carboxylic acids is 1. The fourth-order valence-corrected chi connectivity index (χ4v) is 2.37. The first-order chi connectivity index (χ1) is 8.88. The van der Waals surface area contributed by atoms with Gasteiger partial charge in [-0.15, -0.1) is 0 Å². The predicted molar refractivity (Wildman–Crippen MR) is 68.3 cm³/mol. The molecule has 1 fully saturated rings. The van der Waals surface area contributed by atoms with Crippen molar-refractivity contribution < 1.29 is 19.8 Å². The summed E-state index contributed by atoms with van der Waals surface area (Å²) < 4.78 is 0. The lowest BCUT2D eigenvalue weighted by Crippen LogP contribution is -2.39. The third kappa shape index (κ3) is 2.10. The molecule has 19 heavy (non-hydrogen) atoms. The zero-order valence-corrected chi connectivity index (χ0v) is 10.9. The Morgan fingerprint density at radius 1 is 1.42 bits per heavy atom. The van der Waals surface area contributed by atoms with Gasteiger partial charge in [-0.25, -0.2) is 0 Å². The maximum absolute atomic E-state index is 12.1. The van der Waals surface area contributed by atoms with Gasteiger partial charge in [-0.1, -0.05) is 30.3 Å². The van der Waals surface area contributed by atoms with Crippen molar-refractivity contribution >= 4 is 11.9 Å². The summed E-state index contributed by atoms with van der Waals surface area (Å²) >= 11 is 0. The number of aliphatic hydroxyl groups excluding tert-OH is 1. The van der Waals surface area contributed by atoms with E-state index in [1.807, 2.05) is 37.3 Å². The van der Waals surface area contributed by atoms with E-state index in [1.165, 1.54) is 11.8 Å². The number of aliphatic hydroxyl groups is 1. The molecule has 1 aromatic carbocycles. The second-order valence-corrected chi connectivity index (χ2v) is 5.18. The Morgan fingerprint density at radius 2 is 2.00 bits per heavy atom. The number of carbonyl (C=O) groups is 2. The van der Waals surface area contributed by atoms with Crippen LogP contribution in [0.15, 0.2) is 30.3 Å². The van der Waals surface area contributed by atoms with Gasteiger partial charge in [0.1, 0.15) is 5.41 Å². The molecular weight excluding hydrogens is 246 g/mol. The number of carbonyl (C=O) groups excluding carboxylic acids is 1. The number of amides is 1. The topological polar surface area (TPSA) is 77.8 Å². The van der Waals surface area contributed by atoms with Crippen molar-refractivity contribution in [1.82, 2.24) is 4.90 Å². The number of likely N-dealkylation sites (tertiary alicyclic amines) is 1. The van der Waals surface area contributed by atoms with E-state index in [-0.39, 0.29) is 12.6 Å². The Morgan fingerprint density at radius 3 is 2.47 bits per heavy atom. The minimum absolute atomic E-state index is 0.0123. The van der Waals surface area contributed by atoms with E-state index in [4.69, 9.17) is 0 Å². The molecule has 0 aliphatic carbocycles. The number of carboxylic acid groups (broad SMARTS) is 1. The Balaban J connectivity index is 2.28. The molecule has 2 rings (SSSR count). The molecule has 5 nitrogen and oxygen atoms in total. The third-order valence-corrected chi connectivity index (χ3v) is 3.86. The molecule has 0 radical (unpaired) electrons. The van der Waals surface area contributed by atoms with Crippen LogP contribution in [0, 0.1) is 5.41 Å². The van der Waals surface area contributed by atoms with Gasteiger partial charge in [0.05, 0.1) is 6.04 Å². The second kappa shape index (κ2) is 4.66. The van der Waals surface area contributed by atoms with Gasteiger partial charge in [-0.3, -0.25) is 9.59 Å². The number of benzene rings is 1. The summed E-state index contributed by atoms with van der Waals surface area (Å²) in [6, 6.07) is 9.09. The Kier molecular flexibility index (Phi) is 3.32. The molecule has 1 saturated heterocycles. The van der Waals surface area contributed by atoms with Crippen LogP contribution in [-0.4, -0.2) is 39.6 Å². The molecule has 1 aromatic rings. The van der Waals surface area contributed by atoms with Crippen molar-refractivity contribution in [2.24, 2.45) is 5.41 Å². The van der Waals surface area contributed by atoms with Crippen LogP contribution in [0.5, 0.6) is 0 Å². The minimum atomic E-state index is -1.49. The molecule has 1 aliphatic rings. The van der Waals surface area contributed by atoms with E-state index in [0.717, 1.165) is 5.56 Å². The summed E-state index contributed by atoms with van der Waals surface area (Å²) in [6.07, 6.45) is -1.49. The van der Waals surface area contributed by atoms with Gasteiger partial charge in [0.15, 0.2) is 6.10 Å². The zero-order chi connectivity index (χ0) is 14.2. The van der Waals surface area contributed by atoms with Crippen LogP contribution in [0.3, 0.4) is 0 Å². The fraction of sp³-hybridized carbons (Fsp3) is 0.429. The van der Waals surface area contributed by atoms with E-state index in [0.29, 0.717) is 0 Å². The molecule has 0 spiro atoms. The molecule has 5 heteroatoms. The van der Waals surface area contributed by atoms with Crippen molar-refractivity contribution in [3.63, 3.8) is 0 Å². The first-order valence-corrected chi connectivity index (χ1v) is 6.15. The SMILES string of the molecule is C[C@H](c1ccccc1)N1C[C@@](C)(C(=O)O)C(O)C1=O. The number of carboxylic acids is 1. The number of rotatable bonds is 3. The van der Waals surface area contributed by atoms with Gasteiger partial charge in [-0.05, 0) is 19.4 Å². The molecule has 1 heterocycles. The summed E-state index contributed by atoms with van der Waals surface area (Å²) in [4.78, 5) is 24.7. The quantitative estimate of drug-likeness (QED) is 0.854. The van der Waals surface area contributed by atoms with Crippen LogP contribution in [0.2, 0.25) is 0 Å². The highest BCUT2D eigenvalue weighted by molar-refractivity contribution is 5.92. The third-order valence-electron chi connectivity index (χ3n) is 3.86. The minimum Gasteiger partial charge on any atom is -0.481 e. The van der Waals surface area contributed by atoms with Gasteiger partial charge < -0.3 is 15.1 Å². The first-order valence-electron chi connectivity index (χ1n) is 6.15. The Bertz CT molecular complexity index is 501. The monoisotopic (exact) mass is 263 g/mol. The lowest BCUT2D eigenvalue weighted by Gasteiger charge is -2.26. The highest BCUT2D eigenvalue weighted by Crippen LogP contribution is 2.36. The molecule has 0 saturated carbocycles. The largest absolute Gasteiger partial charge is 0.481 e. The lowest BCUT2D eigenvalue weighted by molar-refractivity contribution is -0.154.